The first-order chi connectivity index (χ1) is 7.66. The standard InChI is InChI=1S/C11H12BrN3O/c12-8-1-2-10-9(3-8)7(5-15-10)4-14-6-11(13)16/h1-3,5,14-15H,4,6H2,(H2,13,16). The third-order valence-electron chi connectivity index (χ3n) is 2.34. The average Bonchev–Trinajstić information content (AvgIpc) is 2.60. The lowest BCUT2D eigenvalue weighted by molar-refractivity contribution is -0.117. The van der Waals surface area contributed by atoms with E-state index in [1.165, 1.54) is 0 Å². The Morgan fingerprint density at radius 2 is 2.31 bits per heavy atom. The first-order valence-electron chi connectivity index (χ1n) is 4.91. The zero-order chi connectivity index (χ0) is 11.5. The molecule has 1 aromatic carbocycles. The summed E-state index contributed by atoms with van der Waals surface area (Å²) >= 11 is 3.43. The Balaban J connectivity index is 2.17. The van der Waals surface area contributed by atoms with E-state index >= 15 is 0 Å². The quantitative estimate of drug-likeness (QED) is 0.795. The number of nitrogens with one attached hydrogen (secondary N) is 2. The first-order valence-corrected chi connectivity index (χ1v) is 5.70. The topological polar surface area (TPSA) is 70.9 Å². The number of fused-ring (bicyclic) bond motifs is 1. The number of aromatic amines is 1. The molecule has 0 atom stereocenters. The molecule has 0 spiro atoms. The van der Waals surface area contributed by atoms with E-state index in [0.29, 0.717) is 6.54 Å². The molecule has 0 aliphatic rings. The van der Waals surface area contributed by atoms with Crippen LogP contribution in [0.1, 0.15) is 5.56 Å². The number of primary amides is 1. The number of amides is 1. The lowest BCUT2D eigenvalue weighted by atomic mass is 10.2. The van der Waals surface area contributed by atoms with Crippen LogP contribution in [0, 0.1) is 0 Å². The second kappa shape index (κ2) is 4.67. The Morgan fingerprint density at radius 3 is 3.06 bits per heavy atom. The number of carbonyl (C=O) groups is 1. The molecule has 4 N–H and O–H groups in total. The van der Waals surface area contributed by atoms with Crippen molar-refractivity contribution in [1.29, 1.82) is 0 Å². The predicted molar refractivity (Wildman–Crippen MR) is 66.9 cm³/mol. The lowest BCUT2D eigenvalue weighted by Gasteiger charge is -2.01. The monoisotopic (exact) mass is 281 g/mol. The fraction of sp³-hybridized carbons (Fsp3) is 0.182. The molecule has 16 heavy (non-hydrogen) atoms. The maximum atomic E-state index is 10.6. The molecule has 0 bridgehead atoms. The summed E-state index contributed by atoms with van der Waals surface area (Å²) in [6.07, 6.45) is 1.94. The fourth-order valence-electron chi connectivity index (χ4n) is 1.62. The van der Waals surface area contributed by atoms with E-state index in [2.05, 4.69) is 26.2 Å². The second-order valence-electron chi connectivity index (χ2n) is 3.57. The van der Waals surface area contributed by atoms with Gasteiger partial charge in [0.05, 0.1) is 6.54 Å². The van der Waals surface area contributed by atoms with Gasteiger partial charge < -0.3 is 16.0 Å². The van der Waals surface area contributed by atoms with E-state index in [-0.39, 0.29) is 12.5 Å². The molecule has 0 unspecified atom stereocenters. The highest BCUT2D eigenvalue weighted by Crippen LogP contribution is 2.22. The van der Waals surface area contributed by atoms with Crippen LogP contribution in [0.15, 0.2) is 28.9 Å². The number of aromatic nitrogens is 1. The maximum Gasteiger partial charge on any atom is 0.231 e. The van der Waals surface area contributed by atoms with E-state index in [4.69, 9.17) is 5.73 Å². The summed E-state index contributed by atoms with van der Waals surface area (Å²) in [6, 6.07) is 6.05. The molecule has 0 saturated carbocycles. The fourth-order valence-corrected chi connectivity index (χ4v) is 1.98. The molecule has 84 valence electrons. The van der Waals surface area contributed by atoms with Crippen LogP contribution >= 0.6 is 15.9 Å². The summed E-state index contributed by atoms with van der Waals surface area (Å²) in [5, 5.41) is 4.13. The van der Waals surface area contributed by atoms with Gasteiger partial charge in [0.25, 0.3) is 0 Å². The Labute approximate surface area is 101 Å². The third-order valence-corrected chi connectivity index (χ3v) is 2.84. The van der Waals surface area contributed by atoms with Crippen molar-refractivity contribution in [1.82, 2.24) is 10.3 Å². The molecule has 2 rings (SSSR count). The van der Waals surface area contributed by atoms with Crippen molar-refractivity contribution in [2.45, 2.75) is 6.54 Å². The van der Waals surface area contributed by atoms with Gasteiger partial charge >= 0.3 is 0 Å². The van der Waals surface area contributed by atoms with Crippen molar-refractivity contribution in [2.24, 2.45) is 5.73 Å². The SMILES string of the molecule is NC(=O)CNCc1c[nH]c2ccc(Br)cc12. The van der Waals surface area contributed by atoms with E-state index < -0.39 is 0 Å². The third kappa shape index (κ3) is 2.43. The summed E-state index contributed by atoms with van der Waals surface area (Å²) in [5.41, 5.74) is 7.26. The summed E-state index contributed by atoms with van der Waals surface area (Å²) < 4.78 is 1.04. The van der Waals surface area contributed by atoms with Crippen molar-refractivity contribution >= 4 is 32.7 Å². The second-order valence-corrected chi connectivity index (χ2v) is 4.49. The van der Waals surface area contributed by atoms with Crippen molar-refractivity contribution in [3.05, 3.63) is 34.4 Å². The highest BCUT2D eigenvalue weighted by molar-refractivity contribution is 9.10. The number of rotatable bonds is 4. The van der Waals surface area contributed by atoms with Crippen molar-refractivity contribution in [3.63, 3.8) is 0 Å². The largest absolute Gasteiger partial charge is 0.369 e. The minimum absolute atomic E-state index is 0.195. The summed E-state index contributed by atoms with van der Waals surface area (Å²) in [7, 11) is 0. The molecule has 0 saturated heterocycles. The molecule has 5 heteroatoms. The Kier molecular flexibility index (Phi) is 3.26. The van der Waals surface area contributed by atoms with Crippen LogP contribution < -0.4 is 11.1 Å². The van der Waals surface area contributed by atoms with Crippen LogP contribution in [0.2, 0.25) is 0 Å². The predicted octanol–water partition coefficient (Wildman–Crippen LogP) is 1.51. The van der Waals surface area contributed by atoms with Gasteiger partial charge in [0.15, 0.2) is 0 Å². The molecule has 0 radical (unpaired) electrons. The Bertz CT molecular complexity index is 521. The van der Waals surface area contributed by atoms with Gasteiger partial charge in [0.1, 0.15) is 0 Å². The molecule has 0 aliphatic carbocycles. The highest BCUT2D eigenvalue weighted by Gasteiger charge is 2.04. The number of hydrogen-bond acceptors (Lipinski definition) is 2. The van der Waals surface area contributed by atoms with Crippen LogP contribution in [0.5, 0.6) is 0 Å². The van der Waals surface area contributed by atoms with Gasteiger partial charge in [-0.15, -0.1) is 0 Å². The molecule has 1 heterocycles. The number of hydrogen-bond donors (Lipinski definition) is 3. The number of halogens is 1. The van der Waals surface area contributed by atoms with Gasteiger partial charge in [-0.05, 0) is 23.8 Å². The van der Waals surface area contributed by atoms with Gasteiger partial charge in [-0.1, -0.05) is 15.9 Å². The summed E-state index contributed by atoms with van der Waals surface area (Å²) in [6.45, 7) is 0.820. The van der Waals surface area contributed by atoms with Gasteiger partial charge in [0, 0.05) is 28.1 Å². The van der Waals surface area contributed by atoms with E-state index in [1.807, 2.05) is 24.4 Å². The lowest BCUT2D eigenvalue weighted by Crippen LogP contribution is -2.27. The molecule has 0 aliphatic heterocycles. The summed E-state index contributed by atoms with van der Waals surface area (Å²) in [4.78, 5) is 13.8. The van der Waals surface area contributed by atoms with Crippen molar-refractivity contribution in [2.75, 3.05) is 6.54 Å². The van der Waals surface area contributed by atoms with Crippen molar-refractivity contribution in [3.8, 4) is 0 Å². The Morgan fingerprint density at radius 1 is 1.50 bits per heavy atom. The number of carbonyl (C=O) groups excluding carboxylic acids is 1. The smallest absolute Gasteiger partial charge is 0.231 e. The zero-order valence-corrected chi connectivity index (χ0v) is 10.2. The van der Waals surface area contributed by atoms with Crippen LogP contribution in [-0.2, 0) is 11.3 Å². The molecular formula is C11H12BrN3O. The number of nitrogens with two attached hydrogens (primary N) is 1. The van der Waals surface area contributed by atoms with Crippen LogP contribution in [0.3, 0.4) is 0 Å². The van der Waals surface area contributed by atoms with Crippen LogP contribution in [-0.4, -0.2) is 17.4 Å². The number of H-pyrrole nitrogens is 1. The van der Waals surface area contributed by atoms with Crippen molar-refractivity contribution < 1.29 is 4.79 Å². The van der Waals surface area contributed by atoms with Gasteiger partial charge in [-0.3, -0.25) is 4.79 Å². The molecule has 0 fully saturated rings. The minimum Gasteiger partial charge on any atom is -0.369 e. The normalized spacial score (nSPS) is 10.8. The molecule has 2 aromatic rings. The van der Waals surface area contributed by atoms with Gasteiger partial charge in [-0.2, -0.15) is 0 Å². The van der Waals surface area contributed by atoms with Crippen LogP contribution in [0.25, 0.3) is 10.9 Å². The highest BCUT2D eigenvalue weighted by atomic mass is 79.9. The minimum atomic E-state index is -0.346. The molecular weight excluding hydrogens is 270 g/mol. The van der Waals surface area contributed by atoms with E-state index in [9.17, 15) is 4.79 Å². The average molecular weight is 282 g/mol. The Hall–Kier alpha value is -1.33. The zero-order valence-electron chi connectivity index (χ0n) is 8.59. The van der Waals surface area contributed by atoms with Gasteiger partial charge in [0.2, 0.25) is 5.91 Å². The first kappa shape index (κ1) is 11.2. The van der Waals surface area contributed by atoms with E-state index in [0.717, 1.165) is 20.9 Å². The molecule has 1 amide bonds. The van der Waals surface area contributed by atoms with Gasteiger partial charge in [-0.25, -0.2) is 0 Å². The summed E-state index contributed by atoms with van der Waals surface area (Å²) in [5.74, 6) is -0.346. The van der Waals surface area contributed by atoms with Crippen LogP contribution in [0.4, 0.5) is 0 Å². The number of benzene rings is 1. The molecule has 4 nitrogen and oxygen atoms in total. The van der Waals surface area contributed by atoms with E-state index in [1.54, 1.807) is 0 Å². The molecule has 1 aromatic heterocycles. The maximum absolute atomic E-state index is 10.6.